The van der Waals surface area contributed by atoms with Crippen molar-refractivity contribution in [2.45, 2.75) is 13.5 Å². The van der Waals surface area contributed by atoms with E-state index in [1.807, 2.05) is 25.1 Å². The van der Waals surface area contributed by atoms with E-state index < -0.39 is 0 Å². The molecular weight excluding hydrogens is 244 g/mol. The van der Waals surface area contributed by atoms with Gasteiger partial charge in [-0.05, 0) is 18.7 Å². The summed E-state index contributed by atoms with van der Waals surface area (Å²) in [4.78, 5) is 4.45. The highest BCUT2D eigenvalue weighted by molar-refractivity contribution is 5.70. The summed E-state index contributed by atoms with van der Waals surface area (Å²) in [7, 11) is 3.22. The van der Waals surface area contributed by atoms with Gasteiger partial charge in [-0.1, -0.05) is 13.0 Å². The molecule has 0 unspecified atom stereocenters. The summed E-state index contributed by atoms with van der Waals surface area (Å²) in [6.07, 6.45) is 1.64. The van der Waals surface area contributed by atoms with Gasteiger partial charge in [-0.3, -0.25) is 0 Å². The van der Waals surface area contributed by atoms with Crippen LogP contribution >= 0.6 is 0 Å². The van der Waals surface area contributed by atoms with E-state index in [1.165, 1.54) is 0 Å². The minimum atomic E-state index is 0.502. The van der Waals surface area contributed by atoms with Crippen LogP contribution in [0, 0.1) is 0 Å². The van der Waals surface area contributed by atoms with Crippen molar-refractivity contribution in [3.8, 4) is 23.0 Å². The Kier molecular flexibility index (Phi) is 4.41. The standard InChI is InChI=1S/C14H18N2O3/c1-4-15-8-10-9-19-14(16-10)13-11(17-2)6-5-7-12(13)18-3/h5-7,9,15H,4,8H2,1-3H3. The van der Waals surface area contributed by atoms with Crippen LogP contribution in [0.1, 0.15) is 12.6 Å². The number of methoxy groups -OCH3 is 2. The highest BCUT2D eigenvalue weighted by Crippen LogP contribution is 2.37. The summed E-state index contributed by atoms with van der Waals surface area (Å²) >= 11 is 0. The van der Waals surface area contributed by atoms with Crippen LogP contribution in [0.25, 0.3) is 11.5 Å². The Morgan fingerprint density at radius 3 is 2.47 bits per heavy atom. The molecule has 0 saturated carbocycles. The van der Waals surface area contributed by atoms with Crippen molar-refractivity contribution in [3.63, 3.8) is 0 Å². The lowest BCUT2D eigenvalue weighted by Gasteiger charge is -2.09. The lowest BCUT2D eigenvalue weighted by Crippen LogP contribution is -2.11. The highest BCUT2D eigenvalue weighted by atomic mass is 16.5. The molecule has 0 aliphatic carbocycles. The molecule has 5 heteroatoms. The van der Waals surface area contributed by atoms with Gasteiger partial charge >= 0.3 is 0 Å². The van der Waals surface area contributed by atoms with Gasteiger partial charge in [0.05, 0.1) is 19.9 Å². The minimum Gasteiger partial charge on any atom is -0.496 e. The molecule has 0 radical (unpaired) electrons. The Morgan fingerprint density at radius 2 is 1.89 bits per heavy atom. The molecule has 19 heavy (non-hydrogen) atoms. The maximum atomic E-state index is 5.52. The third-order valence-electron chi connectivity index (χ3n) is 2.75. The number of nitrogens with zero attached hydrogens (tertiary/aromatic N) is 1. The molecule has 0 saturated heterocycles. The molecule has 0 fully saturated rings. The molecule has 0 bridgehead atoms. The zero-order valence-corrected chi connectivity index (χ0v) is 11.4. The van der Waals surface area contributed by atoms with Gasteiger partial charge in [0.25, 0.3) is 0 Å². The average Bonchev–Trinajstić information content (AvgIpc) is 2.92. The second-order valence-corrected chi connectivity index (χ2v) is 3.96. The van der Waals surface area contributed by atoms with Crippen LogP contribution in [0.15, 0.2) is 28.9 Å². The lowest BCUT2D eigenvalue weighted by atomic mass is 10.1. The minimum absolute atomic E-state index is 0.502. The maximum Gasteiger partial charge on any atom is 0.233 e. The van der Waals surface area contributed by atoms with Crippen molar-refractivity contribution in [2.24, 2.45) is 0 Å². The van der Waals surface area contributed by atoms with Crippen LogP contribution in [0.2, 0.25) is 0 Å². The zero-order chi connectivity index (χ0) is 13.7. The van der Waals surface area contributed by atoms with Crippen LogP contribution in [-0.4, -0.2) is 25.7 Å². The summed E-state index contributed by atoms with van der Waals surface area (Å²) in [5.41, 5.74) is 1.58. The SMILES string of the molecule is CCNCc1coc(-c2c(OC)cccc2OC)n1. The van der Waals surface area contributed by atoms with Gasteiger partial charge in [-0.25, -0.2) is 4.98 Å². The number of ether oxygens (including phenoxy) is 2. The van der Waals surface area contributed by atoms with Crippen LogP contribution in [0.5, 0.6) is 11.5 Å². The molecular formula is C14H18N2O3. The summed E-state index contributed by atoms with van der Waals surface area (Å²) in [6.45, 7) is 3.61. The molecule has 0 amide bonds. The average molecular weight is 262 g/mol. The second kappa shape index (κ2) is 6.24. The number of nitrogens with one attached hydrogen (secondary N) is 1. The molecule has 0 atom stereocenters. The van der Waals surface area contributed by atoms with E-state index in [0.29, 0.717) is 23.9 Å². The molecule has 0 aliphatic rings. The summed E-state index contributed by atoms with van der Waals surface area (Å²) in [5, 5.41) is 3.20. The molecule has 2 rings (SSSR count). The van der Waals surface area contributed by atoms with Crippen molar-refractivity contribution >= 4 is 0 Å². The molecule has 1 aromatic carbocycles. The normalized spacial score (nSPS) is 10.5. The second-order valence-electron chi connectivity index (χ2n) is 3.96. The monoisotopic (exact) mass is 262 g/mol. The van der Waals surface area contributed by atoms with Crippen LogP contribution in [0.4, 0.5) is 0 Å². The topological polar surface area (TPSA) is 56.5 Å². The van der Waals surface area contributed by atoms with Crippen molar-refractivity contribution in [2.75, 3.05) is 20.8 Å². The summed E-state index contributed by atoms with van der Waals surface area (Å²) in [5.74, 6) is 1.86. The molecule has 102 valence electrons. The Morgan fingerprint density at radius 1 is 1.21 bits per heavy atom. The fraction of sp³-hybridized carbons (Fsp3) is 0.357. The lowest BCUT2D eigenvalue weighted by molar-refractivity contribution is 0.394. The van der Waals surface area contributed by atoms with Crippen LogP contribution < -0.4 is 14.8 Å². The first-order chi connectivity index (χ1) is 9.30. The number of benzene rings is 1. The predicted molar refractivity (Wildman–Crippen MR) is 72.4 cm³/mol. The van der Waals surface area contributed by atoms with E-state index >= 15 is 0 Å². The maximum absolute atomic E-state index is 5.52. The summed E-state index contributed by atoms with van der Waals surface area (Å²) < 4.78 is 16.2. The number of hydrogen-bond acceptors (Lipinski definition) is 5. The molecule has 0 aliphatic heterocycles. The van der Waals surface area contributed by atoms with Crippen molar-refractivity contribution in [1.82, 2.24) is 10.3 Å². The Labute approximate surface area is 112 Å². The van der Waals surface area contributed by atoms with Crippen molar-refractivity contribution < 1.29 is 13.9 Å². The van der Waals surface area contributed by atoms with Gasteiger partial charge in [-0.2, -0.15) is 0 Å². The first kappa shape index (κ1) is 13.4. The molecule has 2 aromatic rings. The molecule has 0 spiro atoms. The molecule has 1 heterocycles. The number of rotatable bonds is 6. The fourth-order valence-corrected chi connectivity index (χ4v) is 1.82. The molecule has 5 nitrogen and oxygen atoms in total. The van der Waals surface area contributed by atoms with Gasteiger partial charge in [0.15, 0.2) is 0 Å². The third-order valence-corrected chi connectivity index (χ3v) is 2.75. The van der Waals surface area contributed by atoms with Gasteiger partial charge in [-0.15, -0.1) is 0 Å². The van der Waals surface area contributed by atoms with E-state index in [-0.39, 0.29) is 0 Å². The highest BCUT2D eigenvalue weighted by Gasteiger charge is 2.17. The first-order valence-corrected chi connectivity index (χ1v) is 6.16. The number of aromatic nitrogens is 1. The first-order valence-electron chi connectivity index (χ1n) is 6.16. The van der Waals surface area contributed by atoms with E-state index in [0.717, 1.165) is 17.8 Å². The van der Waals surface area contributed by atoms with E-state index in [2.05, 4.69) is 10.3 Å². The van der Waals surface area contributed by atoms with Crippen molar-refractivity contribution in [1.29, 1.82) is 0 Å². The number of hydrogen-bond donors (Lipinski definition) is 1. The molecule has 1 N–H and O–H groups in total. The third kappa shape index (κ3) is 2.88. The smallest absolute Gasteiger partial charge is 0.233 e. The summed E-state index contributed by atoms with van der Waals surface area (Å²) in [6, 6.07) is 5.57. The van der Waals surface area contributed by atoms with Gasteiger partial charge in [0, 0.05) is 6.54 Å². The van der Waals surface area contributed by atoms with E-state index in [4.69, 9.17) is 13.9 Å². The van der Waals surface area contributed by atoms with Crippen LogP contribution in [-0.2, 0) is 6.54 Å². The van der Waals surface area contributed by atoms with Gasteiger partial charge in [0.1, 0.15) is 23.3 Å². The van der Waals surface area contributed by atoms with E-state index in [1.54, 1.807) is 20.5 Å². The Hall–Kier alpha value is -2.01. The Balaban J connectivity index is 2.37. The molecule has 1 aromatic heterocycles. The number of oxazole rings is 1. The zero-order valence-electron chi connectivity index (χ0n) is 11.4. The van der Waals surface area contributed by atoms with E-state index in [9.17, 15) is 0 Å². The van der Waals surface area contributed by atoms with Crippen LogP contribution in [0.3, 0.4) is 0 Å². The Bertz CT molecular complexity index is 515. The van der Waals surface area contributed by atoms with Gasteiger partial charge in [0.2, 0.25) is 5.89 Å². The fourth-order valence-electron chi connectivity index (χ4n) is 1.82. The van der Waals surface area contributed by atoms with Crippen molar-refractivity contribution in [3.05, 3.63) is 30.2 Å². The quantitative estimate of drug-likeness (QED) is 0.866. The largest absolute Gasteiger partial charge is 0.496 e. The predicted octanol–water partition coefficient (Wildman–Crippen LogP) is 2.47. The van der Waals surface area contributed by atoms with Gasteiger partial charge < -0.3 is 19.2 Å².